The second kappa shape index (κ2) is 9.49. The lowest BCUT2D eigenvalue weighted by Gasteiger charge is -2.16. The monoisotopic (exact) mass is 436 g/mol. The van der Waals surface area contributed by atoms with Gasteiger partial charge < -0.3 is 19.5 Å². The predicted molar refractivity (Wildman–Crippen MR) is 112 cm³/mol. The second-order valence-electron chi connectivity index (χ2n) is 6.19. The Bertz CT molecular complexity index is 1070. The first kappa shape index (κ1) is 23.0. The number of hydrogen-bond donors (Lipinski definition) is 2. The lowest BCUT2D eigenvalue weighted by Crippen LogP contribution is -2.16. The number of carbonyl (C=O) groups excluding carboxylic acids is 2. The molecule has 30 heavy (non-hydrogen) atoms. The summed E-state index contributed by atoms with van der Waals surface area (Å²) in [5.74, 6) is 0.143. The van der Waals surface area contributed by atoms with E-state index in [9.17, 15) is 18.0 Å². The van der Waals surface area contributed by atoms with Gasteiger partial charge in [-0.3, -0.25) is 14.3 Å². The summed E-state index contributed by atoms with van der Waals surface area (Å²) in [5, 5.41) is 2.55. The largest absolute Gasteiger partial charge is 0.493 e. The summed E-state index contributed by atoms with van der Waals surface area (Å²) in [6.45, 7) is 4.72. The van der Waals surface area contributed by atoms with E-state index in [2.05, 4.69) is 10.0 Å². The number of hydrogen-bond acceptors (Lipinski definition) is 7. The molecule has 10 heteroatoms. The quantitative estimate of drug-likeness (QED) is 0.580. The lowest BCUT2D eigenvalue weighted by atomic mass is 10.1. The Morgan fingerprint density at radius 3 is 2.10 bits per heavy atom. The molecule has 0 spiro atoms. The van der Waals surface area contributed by atoms with Crippen LogP contribution in [0.4, 0.5) is 11.4 Å². The van der Waals surface area contributed by atoms with Crippen LogP contribution >= 0.6 is 0 Å². The molecule has 0 saturated heterocycles. The van der Waals surface area contributed by atoms with Crippen LogP contribution in [-0.4, -0.2) is 40.9 Å². The van der Waals surface area contributed by atoms with Gasteiger partial charge in [0.25, 0.3) is 10.0 Å². The number of ether oxygens (including phenoxy) is 3. The van der Waals surface area contributed by atoms with Gasteiger partial charge >= 0.3 is 0 Å². The van der Waals surface area contributed by atoms with Gasteiger partial charge in [-0.25, -0.2) is 8.42 Å². The zero-order valence-corrected chi connectivity index (χ0v) is 18.2. The smallest absolute Gasteiger partial charge is 0.261 e. The van der Waals surface area contributed by atoms with Crippen LogP contribution in [0, 0.1) is 0 Å². The Hall–Kier alpha value is -3.27. The van der Waals surface area contributed by atoms with Crippen LogP contribution in [0.2, 0.25) is 0 Å². The second-order valence-corrected chi connectivity index (χ2v) is 7.87. The van der Waals surface area contributed by atoms with Crippen molar-refractivity contribution in [3.05, 3.63) is 35.9 Å². The van der Waals surface area contributed by atoms with E-state index in [1.54, 1.807) is 6.92 Å². The van der Waals surface area contributed by atoms with Gasteiger partial charge in [0, 0.05) is 18.6 Å². The van der Waals surface area contributed by atoms with Crippen LogP contribution in [0.25, 0.3) is 0 Å². The van der Waals surface area contributed by atoms with Crippen molar-refractivity contribution in [2.75, 3.05) is 30.9 Å². The van der Waals surface area contributed by atoms with E-state index in [1.807, 2.05) is 0 Å². The average Bonchev–Trinajstić information content (AvgIpc) is 2.68. The molecular weight excluding hydrogens is 412 g/mol. The average molecular weight is 436 g/mol. The van der Waals surface area contributed by atoms with Crippen molar-refractivity contribution in [3.8, 4) is 17.2 Å². The Morgan fingerprint density at radius 1 is 0.933 bits per heavy atom. The van der Waals surface area contributed by atoms with E-state index in [0.717, 1.165) is 0 Å². The summed E-state index contributed by atoms with van der Waals surface area (Å²) in [6.07, 6.45) is 0. The highest BCUT2D eigenvalue weighted by Crippen LogP contribution is 2.35. The molecule has 2 rings (SSSR count). The Morgan fingerprint density at radius 2 is 1.57 bits per heavy atom. The number of ketones is 1. The van der Waals surface area contributed by atoms with Crippen LogP contribution in [0.1, 0.15) is 31.1 Å². The zero-order chi connectivity index (χ0) is 22.5. The van der Waals surface area contributed by atoms with Gasteiger partial charge in [-0.05, 0) is 38.1 Å². The van der Waals surface area contributed by atoms with Crippen LogP contribution in [0.15, 0.2) is 35.2 Å². The maximum absolute atomic E-state index is 13.0. The highest BCUT2D eigenvalue weighted by Gasteiger charge is 2.22. The predicted octanol–water partition coefficient (Wildman–Crippen LogP) is 3.06. The Labute approximate surface area is 175 Å². The first-order valence-corrected chi connectivity index (χ1v) is 10.5. The third-order valence-electron chi connectivity index (χ3n) is 4.02. The Balaban J connectivity index is 2.53. The molecule has 2 aromatic carbocycles. The molecule has 0 aliphatic carbocycles. The molecule has 0 fully saturated rings. The fourth-order valence-corrected chi connectivity index (χ4v) is 3.80. The molecule has 0 aromatic heterocycles. The van der Waals surface area contributed by atoms with E-state index >= 15 is 0 Å². The molecule has 0 bridgehead atoms. The van der Waals surface area contributed by atoms with Crippen molar-refractivity contribution in [1.82, 2.24) is 0 Å². The van der Waals surface area contributed by atoms with Gasteiger partial charge in [-0.15, -0.1) is 0 Å². The van der Waals surface area contributed by atoms with Crippen LogP contribution < -0.4 is 24.2 Å². The van der Waals surface area contributed by atoms with Crippen LogP contribution in [0.5, 0.6) is 17.2 Å². The number of rotatable bonds is 9. The summed E-state index contributed by atoms with van der Waals surface area (Å²) in [7, 11) is -1.30. The topological polar surface area (TPSA) is 120 Å². The van der Waals surface area contributed by atoms with E-state index in [4.69, 9.17) is 14.2 Å². The van der Waals surface area contributed by atoms with E-state index < -0.39 is 10.0 Å². The fourth-order valence-electron chi connectivity index (χ4n) is 2.70. The van der Waals surface area contributed by atoms with Crippen molar-refractivity contribution in [1.29, 1.82) is 0 Å². The van der Waals surface area contributed by atoms with Crippen molar-refractivity contribution >= 4 is 33.1 Å². The minimum absolute atomic E-state index is 0.0371. The van der Waals surface area contributed by atoms with Gasteiger partial charge in [-0.2, -0.15) is 0 Å². The fraction of sp³-hybridized carbons (Fsp3) is 0.300. The van der Waals surface area contributed by atoms with Crippen molar-refractivity contribution in [2.24, 2.45) is 0 Å². The molecule has 0 aliphatic rings. The third-order valence-corrected chi connectivity index (χ3v) is 5.38. The number of nitrogens with one attached hydrogen (secondary N) is 2. The standard InChI is InChI=1S/C20H24N2O7S/c1-6-29-18-8-7-14(9-17(18)21-13(3)24)30(25,26)22-16-11-20(28-5)19(27-4)10-15(16)12(2)23/h7-11,22H,6H2,1-5H3,(H,21,24). The molecule has 0 atom stereocenters. The first-order chi connectivity index (χ1) is 14.1. The van der Waals surface area contributed by atoms with Crippen molar-refractivity contribution in [3.63, 3.8) is 0 Å². The SMILES string of the molecule is CCOc1ccc(S(=O)(=O)Nc2cc(OC)c(OC)cc2C(C)=O)cc1NC(C)=O. The van der Waals surface area contributed by atoms with E-state index in [0.29, 0.717) is 18.1 Å². The normalized spacial score (nSPS) is 10.8. The number of sulfonamides is 1. The van der Waals surface area contributed by atoms with E-state index in [1.165, 1.54) is 58.4 Å². The Kier molecular flexibility index (Phi) is 7.28. The summed E-state index contributed by atoms with van der Waals surface area (Å²) in [4.78, 5) is 23.4. The molecule has 0 unspecified atom stereocenters. The molecule has 2 N–H and O–H groups in total. The molecule has 0 saturated carbocycles. The number of benzene rings is 2. The van der Waals surface area contributed by atoms with Gasteiger partial charge in [-0.1, -0.05) is 0 Å². The van der Waals surface area contributed by atoms with Crippen LogP contribution in [0.3, 0.4) is 0 Å². The van der Waals surface area contributed by atoms with Crippen molar-refractivity contribution < 1.29 is 32.2 Å². The molecule has 1 amide bonds. The third kappa shape index (κ3) is 5.20. The highest BCUT2D eigenvalue weighted by molar-refractivity contribution is 7.92. The summed E-state index contributed by atoms with van der Waals surface area (Å²) in [5.41, 5.74) is 0.366. The zero-order valence-electron chi connectivity index (χ0n) is 17.4. The minimum Gasteiger partial charge on any atom is -0.493 e. The van der Waals surface area contributed by atoms with Gasteiger partial charge in [0.1, 0.15) is 5.75 Å². The van der Waals surface area contributed by atoms with Gasteiger partial charge in [0.15, 0.2) is 17.3 Å². The molecule has 2 aromatic rings. The molecule has 0 aliphatic heterocycles. The number of methoxy groups -OCH3 is 2. The van der Waals surface area contributed by atoms with Gasteiger partial charge in [0.2, 0.25) is 5.91 Å². The molecule has 0 heterocycles. The molecular formula is C20H24N2O7S. The van der Waals surface area contributed by atoms with Crippen LogP contribution in [-0.2, 0) is 14.8 Å². The summed E-state index contributed by atoms with van der Waals surface area (Å²) in [6, 6.07) is 6.84. The number of Topliss-reactive ketones (excluding diaryl/α,β-unsaturated/α-hetero) is 1. The lowest BCUT2D eigenvalue weighted by molar-refractivity contribution is -0.114. The van der Waals surface area contributed by atoms with Crippen molar-refractivity contribution in [2.45, 2.75) is 25.7 Å². The van der Waals surface area contributed by atoms with E-state index in [-0.39, 0.29) is 39.3 Å². The molecule has 9 nitrogen and oxygen atoms in total. The minimum atomic E-state index is -4.11. The highest BCUT2D eigenvalue weighted by atomic mass is 32.2. The van der Waals surface area contributed by atoms with Gasteiger partial charge in [0.05, 0.1) is 37.1 Å². The number of anilines is 2. The number of carbonyl (C=O) groups is 2. The molecule has 0 radical (unpaired) electrons. The first-order valence-electron chi connectivity index (χ1n) is 8.97. The number of amides is 1. The maximum Gasteiger partial charge on any atom is 0.261 e. The molecule has 162 valence electrons. The summed E-state index contributed by atoms with van der Waals surface area (Å²) >= 11 is 0. The maximum atomic E-state index is 13.0. The summed E-state index contributed by atoms with van der Waals surface area (Å²) < 4.78 is 44.2.